The molecular weight excluding hydrogens is 246 g/mol. The molecule has 0 saturated heterocycles. The Hall–Kier alpha value is -0.870. The van der Waals surface area contributed by atoms with Gasteiger partial charge < -0.3 is 10.4 Å². The van der Waals surface area contributed by atoms with Crippen molar-refractivity contribution < 1.29 is 9.90 Å². The van der Waals surface area contributed by atoms with Crippen molar-refractivity contribution in [1.82, 2.24) is 5.32 Å². The number of thiophene rings is 1. The largest absolute Gasteiger partial charge is 0.392 e. The fourth-order valence-electron chi connectivity index (χ4n) is 2.39. The van der Waals surface area contributed by atoms with Crippen LogP contribution in [-0.2, 0) is 12.8 Å². The highest BCUT2D eigenvalue weighted by atomic mass is 32.1. The van der Waals surface area contributed by atoms with Gasteiger partial charge in [-0.25, -0.2) is 0 Å². The van der Waals surface area contributed by atoms with Crippen molar-refractivity contribution in [3.8, 4) is 0 Å². The maximum absolute atomic E-state index is 11.9. The molecule has 100 valence electrons. The summed E-state index contributed by atoms with van der Waals surface area (Å²) in [6.45, 7) is 4.23. The first-order valence-electron chi connectivity index (χ1n) is 6.68. The Morgan fingerprint density at radius 1 is 1.67 bits per heavy atom. The van der Waals surface area contributed by atoms with E-state index >= 15 is 0 Å². The molecule has 2 rings (SSSR count). The smallest absolute Gasteiger partial charge is 0.261 e. The number of aliphatic hydroxyl groups excluding tert-OH is 1. The summed E-state index contributed by atoms with van der Waals surface area (Å²) in [6, 6.07) is 2.04. The van der Waals surface area contributed by atoms with Crippen molar-refractivity contribution in [2.24, 2.45) is 5.92 Å². The zero-order chi connectivity index (χ0) is 13.1. The van der Waals surface area contributed by atoms with Crippen molar-refractivity contribution in [3.63, 3.8) is 0 Å². The van der Waals surface area contributed by atoms with Crippen LogP contribution in [0.4, 0.5) is 0 Å². The minimum absolute atomic E-state index is 0.0525. The zero-order valence-corrected chi connectivity index (χ0v) is 11.8. The van der Waals surface area contributed by atoms with E-state index in [1.165, 1.54) is 23.3 Å². The predicted molar refractivity (Wildman–Crippen MR) is 74.1 cm³/mol. The average molecular weight is 267 g/mol. The van der Waals surface area contributed by atoms with E-state index < -0.39 is 6.10 Å². The van der Waals surface area contributed by atoms with Gasteiger partial charge >= 0.3 is 0 Å². The summed E-state index contributed by atoms with van der Waals surface area (Å²) in [5, 5.41) is 11.9. The summed E-state index contributed by atoms with van der Waals surface area (Å²) in [5.41, 5.74) is 1.36. The summed E-state index contributed by atoms with van der Waals surface area (Å²) in [4.78, 5) is 14.1. The van der Waals surface area contributed by atoms with Crippen molar-refractivity contribution in [1.29, 1.82) is 0 Å². The molecule has 1 aliphatic rings. The standard InChI is InChI=1S/C14H21NO2S/c1-3-10-4-5-12-11(6-10)7-13(18-12)14(17)15-8-9(2)16/h7,9-10,16H,3-6,8H2,1-2H3,(H,15,17)/t9-,10?/m0/s1. The first kappa shape index (κ1) is 13.6. The Morgan fingerprint density at radius 2 is 2.44 bits per heavy atom. The van der Waals surface area contributed by atoms with Gasteiger partial charge in [-0.1, -0.05) is 13.3 Å². The molecule has 0 spiro atoms. The van der Waals surface area contributed by atoms with Crippen molar-refractivity contribution >= 4 is 17.2 Å². The second kappa shape index (κ2) is 5.85. The van der Waals surface area contributed by atoms with E-state index in [1.807, 2.05) is 6.07 Å². The molecule has 2 N–H and O–H groups in total. The lowest BCUT2D eigenvalue weighted by molar-refractivity contribution is 0.0928. The van der Waals surface area contributed by atoms with Crippen LogP contribution in [0.1, 0.15) is 46.8 Å². The number of rotatable bonds is 4. The summed E-state index contributed by atoms with van der Waals surface area (Å²) >= 11 is 1.61. The number of hydrogen-bond donors (Lipinski definition) is 2. The Labute approximate surface area is 112 Å². The molecule has 1 amide bonds. The molecule has 0 saturated carbocycles. The van der Waals surface area contributed by atoms with Gasteiger partial charge in [0.25, 0.3) is 5.91 Å². The summed E-state index contributed by atoms with van der Waals surface area (Å²) in [7, 11) is 0. The fraction of sp³-hybridized carbons (Fsp3) is 0.643. The fourth-order valence-corrected chi connectivity index (χ4v) is 3.51. The van der Waals surface area contributed by atoms with E-state index in [9.17, 15) is 4.79 Å². The van der Waals surface area contributed by atoms with Crippen LogP contribution in [0.2, 0.25) is 0 Å². The molecule has 0 aromatic carbocycles. The van der Waals surface area contributed by atoms with E-state index in [2.05, 4.69) is 12.2 Å². The molecule has 0 fully saturated rings. The normalized spacial score (nSPS) is 20.3. The number of carbonyl (C=O) groups is 1. The monoisotopic (exact) mass is 267 g/mol. The van der Waals surface area contributed by atoms with Gasteiger partial charge in [-0.05, 0) is 43.7 Å². The first-order chi connectivity index (χ1) is 8.60. The Kier molecular flexibility index (Phi) is 4.40. The van der Waals surface area contributed by atoms with Gasteiger partial charge in [-0.2, -0.15) is 0 Å². The van der Waals surface area contributed by atoms with E-state index in [0.29, 0.717) is 6.54 Å². The number of carbonyl (C=O) groups excluding carboxylic acids is 1. The number of hydrogen-bond acceptors (Lipinski definition) is 3. The maximum atomic E-state index is 11.9. The van der Waals surface area contributed by atoms with Crippen molar-refractivity contribution in [2.75, 3.05) is 6.54 Å². The molecule has 1 aliphatic carbocycles. The van der Waals surface area contributed by atoms with Crippen LogP contribution in [0.25, 0.3) is 0 Å². The van der Waals surface area contributed by atoms with Gasteiger partial charge in [0.2, 0.25) is 0 Å². The van der Waals surface area contributed by atoms with Crippen LogP contribution in [0.3, 0.4) is 0 Å². The third kappa shape index (κ3) is 3.12. The Morgan fingerprint density at radius 3 is 3.11 bits per heavy atom. The van der Waals surface area contributed by atoms with Crippen molar-refractivity contribution in [3.05, 3.63) is 21.4 Å². The SMILES string of the molecule is CCC1CCc2sc(C(=O)NC[C@H](C)O)cc2C1. The zero-order valence-electron chi connectivity index (χ0n) is 11.0. The Bertz CT molecular complexity index is 425. The highest BCUT2D eigenvalue weighted by Crippen LogP contribution is 2.33. The van der Waals surface area contributed by atoms with E-state index in [-0.39, 0.29) is 5.91 Å². The third-order valence-electron chi connectivity index (χ3n) is 3.54. The van der Waals surface area contributed by atoms with E-state index in [4.69, 9.17) is 5.11 Å². The summed E-state index contributed by atoms with van der Waals surface area (Å²) in [5.74, 6) is 0.726. The molecular formula is C14H21NO2S. The minimum atomic E-state index is -0.493. The predicted octanol–water partition coefficient (Wildman–Crippen LogP) is 2.37. The summed E-state index contributed by atoms with van der Waals surface area (Å²) in [6.07, 6.45) is 4.21. The number of fused-ring (bicyclic) bond motifs is 1. The van der Waals surface area contributed by atoms with Crippen LogP contribution in [0.15, 0.2) is 6.07 Å². The molecule has 1 aromatic heterocycles. The van der Waals surface area contributed by atoms with Crippen LogP contribution in [-0.4, -0.2) is 23.7 Å². The molecule has 1 aromatic rings. The van der Waals surface area contributed by atoms with Gasteiger partial charge in [0.05, 0.1) is 11.0 Å². The topological polar surface area (TPSA) is 49.3 Å². The molecule has 18 heavy (non-hydrogen) atoms. The lowest BCUT2D eigenvalue weighted by Crippen LogP contribution is -2.29. The van der Waals surface area contributed by atoms with Gasteiger partial charge in [0.1, 0.15) is 0 Å². The molecule has 0 radical (unpaired) electrons. The quantitative estimate of drug-likeness (QED) is 0.880. The van der Waals surface area contributed by atoms with Crippen LogP contribution in [0, 0.1) is 5.92 Å². The van der Waals surface area contributed by atoms with Crippen LogP contribution < -0.4 is 5.32 Å². The lowest BCUT2D eigenvalue weighted by atomic mass is 9.87. The second-order valence-corrected chi connectivity index (χ2v) is 6.27. The molecule has 1 unspecified atom stereocenters. The van der Waals surface area contributed by atoms with Crippen LogP contribution in [0.5, 0.6) is 0 Å². The van der Waals surface area contributed by atoms with Gasteiger partial charge in [-0.3, -0.25) is 4.79 Å². The molecule has 0 bridgehead atoms. The number of amides is 1. The second-order valence-electron chi connectivity index (χ2n) is 5.14. The molecule has 4 heteroatoms. The number of aliphatic hydroxyl groups is 1. The van der Waals surface area contributed by atoms with Crippen LogP contribution >= 0.6 is 11.3 Å². The first-order valence-corrected chi connectivity index (χ1v) is 7.49. The molecule has 0 aliphatic heterocycles. The van der Waals surface area contributed by atoms with Gasteiger partial charge in [0, 0.05) is 11.4 Å². The van der Waals surface area contributed by atoms with Gasteiger partial charge in [-0.15, -0.1) is 11.3 Å². The van der Waals surface area contributed by atoms with Gasteiger partial charge in [0.15, 0.2) is 0 Å². The van der Waals surface area contributed by atoms with E-state index in [1.54, 1.807) is 18.3 Å². The molecule has 3 nitrogen and oxygen atoms in total. The Balaban J connectivity index is 2.03. The highest BCUT2D eigenvalue weighted by molar-refractivity contribution is 7.14. The lowest BCUT2D eigenvalue weighted by Gasteiger charge is -2.19. The highest BCUT2D eigenvalue weighted by Gasteiger charge is 2.21. The van der Waals surface area contributed by atoms with Crippen molar-refractivity contribution in [2.45, 2.75) is 45.6 Å². The van der Waals surface area contributed by atoms with E-state index in [0.717, 1.165) is 23.6 Å². The third-order valence-corrected chi connectivity index (χ3v) is 4.78. The maximum Gasteiger partial charge on any atom is 0.261 e. The number of aryl methyl sites for hydroxylation is 1. The minimum Gasteiger partial charge on any atom is -0.392 e. The molecule has 1 heterocycles. The summed E-state index contributed by atoms with van der Waals surface area (Å²) < 4.78 is 0. The average Bonchev–Trinajstić information content (AvgIpc) is 2.78. The number of nitrogens with one attached hydrogen (secondary N) is 1. The molecule has 2 atom stereocenters.